The van der Waals surface area contributed by atoms with Gasteiger partial charge in [-0.1, -0.05) is 64.6 Å². The van der Waals surface area contributed by atoms with E-state index in [-0.39, 0.29) is 5.56 Å². The average Bonchev–Trinajstić information content (AvgIpc) is 3.04. The topological polar surface area (TPSA) is 34.9 Å². The number of thiophene rings is 1. The normalized spacial score (nSPS) is 17.1. The molecule has 0 N–H and O–H groups in total. The van der Waals surface area contributed by atoms with Gasteiger partial charge in [0.2, 0.25) is 0 Å². The third-order valence-electron chi connectivity index (χ3n) is 5.84. The molecule has 0 aliphatic heterocycles. The van der Waals surface area contributed by atoms with Gasteiger partial charge in [0.1, 0.15) is 4.83 Å². The highest BCUT2D eigenvalue weighted by Crippen LogP contribution is 2.42. The van der Waals surface area contributed by atoms with Gasteiger partial charge in [0.25, 0.3) is 5.56 Å². The lowest BCUT2D eigenvalue weighted by atomic mass is 9.72. The minimum absolute atomic E-state index is 0.0964. The maximum Gasteiger partial charge on any atom is 0.267 e. The summed E-state index contributed by atoms with van der Waals surface area (Å²) in [6, 6.07) is 9.96. The molecule has 2 aromatic heterocycles. The number of hydrogen-bond acceptors (Lipinski definition) is 4. The maximum absolute atomic E-state index is 13.7. The van der Waals surface area contributed by atoms with Gasteiger partial charge in [-0.05, 0) is 54.2 Å². The molecule has 3 nitrogen and oxygen atoms in total. The zero-order valence-corrected chi connectivity index (χ0v) is 19.6. The van der Waals surface area contributed by atoms with Gasteiger partial charge in [-0.2, -0.15) is 0 Å². The molecule has 0 bridgehead atoms. The molecule has 0 saturated heterocycles. The van der Waals surface area contributed by atoms with Gasteiger partial charge < -0.3 is 0 Å². The molecule has 1 aliphatic rings. The Morgan fingerprint density at radius 1 is 1.24 bits per heavy atom. The highest BCUT2D eigenvalue weighted by Gasteiger charge is 2.32. The van der Waals surface area contributed by atoms with Crippen LogP contribution < -0.4 is 5.56 Å². The fourth-order valence-electron chi connectivity index (χ4n) is 4.09. The summed E-state index contributed by atoms with van der Waals surface area (Å²) in [5.41, 5.74) is 2.55. The number of hydrogen-bond donors (Lipinski definition) is 0. The molecule has 0 radical (unpaired) electrons. The Hall–Kier alpha value is -1.59. The van der Waals surface area contributed by atoms with E-state index in [4.69, 9.17) is 4.98 Å². The second-order valence-corrected chi connectivity index (χ2v) is 11.6. The van der Waals surface area contributed by atoms with Crippen molar-refractivity contribution in [2.24, 2.45) is 17.3 Å². The molecule has 0 saturated carbocycles. The van der Waals surface area contributed by atoms with Crippen LogP contribution >= 0.6 is 23.1 Å². The molecule has 4 rings (SSSR count). The van der Waals surface area contributed by atoms with Crippen molar-refractivity contribution in [1.82, 2.24) is 9.55 Å². The summed E-state index contributed by atoms with van der Waals surface area (Å²) in [6.07, 6.45) is 3.21. The third-order valence-corrected chi connectivity index (χ3v) is 8.35. The van der Waals surface area contributed by atoms with E-state index in [0.29, 0.717) is 17.3 Å². The average molecular weight is 427 g/mol. The molecule has 0 amide bonds. The number of rotatable bonds is 4. The van der Waals surface area contributed by atoms with E-state index >= 15 is 0 Å². The van der Waals surface area contributed by atoms with Crippen LogP contribution in [0.4, 0.5) is 0 Å². The van der Waals surface area contributed by atoms with Gasteiger partial charge in [-0.25, -0.2) is 4.98 Å². The van der Waals surface area contributed by atoms with Crippen LogP contribution in [0.3, 0.4) is 0 Å². The summed E-state index contributed by atoms with van der Waals surface area (Å²) >= 11 is 3.44. The zero-order valence-electron chi connectivity index (χ0n) is 18.0. The minimum Gasteiger partial charge on any atom is -0.268 e. The molecule has 154 valence electrons. The third kappa shape index (κ3) is 4.04. The van der Waals surface area contributed by atoms with Gasteiger partial charge in [0.15, 0.2) is 5.16 Å². The smallest absolute Gasteiger partial charge is 0.267 e. The Bertz CT molecular complexity index is 1070. The molecule has 29 heavy (non-hydrogen) atoms. The summed E-state index contributed by atoms with van der Waals surface area (Å²) in [7, 11) is 0. The molecular weight excluding hydrogens is 396 g/mol. The van der Waals surface area contributed by atoms with E-state index in [9.17, 15) is 4.79 Å². The molecular formula is C24H30N2OS2. The van der Waals surface area contributed by atoms with E-state index in [0.717, 1.165) is 46.1 Å². The van der Waals surface area contributed by atoms with E-state index in [1.54, 1.807) is 23.1 Å². The molecule has 1 aliphatic carbocycles. The van der Waals surface area contributed by atoms with Crippen LogP contribution in [0.25, 0.3) is 15.9 Å². The van der Waals surface area contributed by atoms with Gasteiger partial charge in [0.05, 0.1) is 11.1 Å². The molecule has 1 aromatic carbocycles. The van der Waals surface area contributed by atoms with Crippen LogP contribution in [0.1, 0.15) is 51.5 Å². The highest BCUT2D eigenvalue weighted by molar-refractivity contribution is 7.99. The number of thioether (sulfide) groups is 1. The summed E-state index contributed by atoms with van der Waals surface area (Å²) in [6.45, 7) is 11.4. The summed E-state index contributed by atoms with van der Waals surface area (Å²) in [5, 5.41) is 1.67. The van der Waals surface area contributed by atoms with Crippen LogP contribution in [-0.4, -0.2) is 15.3 Å². The zero-order chi connectivity index (χ0) is 20.8. The van der Waals surface area contributed by atoms with E-state index in [2.05, 4.69) is 34.6 Å². The van der Waals surface area contributed by atoms with Crippen LogP contribution in [-0.2, 0) is 12.8 Å². The van der Waals surface area contributed by atoms with E-state index in [1.807, 2.05) is 34.9 Å². The fraction of sp³-hybridized carbons (Fsp3) is 0.500. The Kier molecular flexibility index (Phi) is 5.64. The number of fused-ring (bicyclic) bond motifs is 3. The quantitative estimate of drug-likeness (QED) is 0.360. The number of aromatic nitrogens is 2. The number of nitrogens with zero attached hydrogens (tertiary/aromatic N) is 2. The Balaban J connectivity index is 1.88. The largest absolute Gasteiger partial charge is 0.268 e. The number of benzene rings is 1. The molecule has 2 heterocycles. The maximum atomic E-state index is 13.7. The monoisotopic (exact) mass is 426 g/mol. The first-order valence-electron chi connectivity index (χ1n) is 10.5. The van der Waals surface area contributed by atoms with E-state index in [1.165, 1.54) is 10.4 Å². The Morgan fingerprint density at radius 2 is 1.97 bits per heavy atom. The highest BCUT2D eigenvalue weighted by atomic mass is 32.2. The molecule has 0 unspecified atom stereocenters. The fourth-order valence-corrected chi connectivity index (χ4v) is 6.39. The van der Waals surface area contributed by atoms with Crippen LogP contribution in [0, 0.1) is 17.3 Å². The lowest BCUT2D eigenvalue weighted by Gasteiger charge is -2.33. The molecule has 3 aromatic rings. The second-order valence-electron chi connectivity index (χ2n) is 9.57. The number of para-hydroxylation sites is 1. The molecule has 1 atom stereocenters. The Labute approximate surface area is 181 Å². The molecule has 0 fully saturated rings. The first-order valence-corrected chi connectivity index (χ1v) is 12.3. The molecule has 5 heteroatoms. The summed E-state index contributed by atoms with van der Waals surface area (Å²) < 4.78 is 1.83. The van der Waals surface area contributed by atoms with Crippen molar-refractivity contribution < 1.29 is 0 Å². The van der Waals surface area contributed by atoms with E-state index < -0.39 is 0 Å². The first kappa shape index (κ1) is 20.7. The van der Waals surface area contributed by atoms with Gasteiger partial charge >= 0.3 is 0 Å². The van der Waals surface area contributed by atoms with Crippen molar-refractivity contribution in [2.45, 2.75) is 59.0 Å². The van der Waals surface area contributed by atoms with Crippen molar-refractivity contribution in [3.8, 4) is 5.69 Å². The van der Waals surface area contributed by atoms with Crippen molar-refractivity contribution >= 4 is 33.3 Å². The van der Waals surface area contributed by atoms with Crippen molar-refractivity contribution in [1.29, 1.82) is 0 Å². The van der Waals surface area contributed by atoms with Gasteiger partial charge in [-0.15, -0.1) is 11.3 Å². The lowest BCUT2D eigenvalue weighted by Crippen LogP contribution is -2.27. The van der Waals surface area contributed by atoms with Crippen molar-refractivity contribution in [3.05, 3.63) is 51.1 Å². The van der Waals surface area contributed by atoms with Crippen LogP contribution in [0.15, 0.2) is 40.3 Å². The predicted octanol–water partition coefficient (Wildman–Crippen LogP) is 6.35. The van der Waals surface area contributed by atoms with Crippen molar-refractivity contribution in [3.63, 3.8) is 0 Å². The lowest BCUT2D eigenvalue weighted by molar-refractivity contribution is 0.218. The van der Waals surface area contributed by atoms with Crippen LogP contribution in [0.5, 0.6) is 0 Å². The number of aryl methyl sites for hydroxylation is 1. The molecule has 0 spiro atoms. The predicted molar refractivity (Wildman–Crippen MR) is 126 cm³/mol. The Morgan fingerprint density at radius 3 is 2.62 bits per heavy atom. The summed E-state index contributed by atoms with van der Waals surface area (Å²) in [4.78, 5) is 21.0. The van der Waals surface area contributed by atoms with Crippen LogP contribution in [0.2, 0.25) is 0 Å². The van der Waals surface area contributed by atoms with Gasteiger partial charge in [0, 0.05) is 10.6 Å². The second kappa shape index (κ2) is 7.92. The van der Waals surface area contributed by atoms with Gasteiger partial charge in [-0.3, -0.25) is 9.36 Å². The summed E-state index contributed by atoms with van der Waals surface area (Å²) in [5.74, 6) is 2.15. The first-order chi connectivity index (χ1) is 13.8. The minimum atomic E-state index is 0.0964. The van der Waals surface area contributed by atoms with Crippen molar-refractivity contribution in [2.75, 3.05) is 5.75 Å². The standard InChI is InChI=1S/C24H30N2OS2/c1-15(2)14-28-23-25-21-20(22(27)26(23)17-9-7-6-8-10-17)18-12-11-16(24(3,4)5)13-19(18)29-21/h6-10,15-16H,11-14H2,1-5H3/t16-/m1/s1. The SMILES string of the molecule is CC(C)CSc1nc2sc3c(c2c(=O)n1-c1ccccc1)CC[C@@H](C(C)(C)C)C3.